The molecule has 3 atom stereocenters. The molecule has 0 aromatic heterocycles. The first-order chi connectivity index (χ1) is 6.69. The van der Waals surface area contributed by atoms with Crippen LogP contribution >= 0.6 is 0 Å². The number of likely N-dealkylation sites (tertiary alicyclic amines) is 1. The van der Waals surface area contributed by atoms with Crippen molar-refractivity contribution in [2.45, 2.75) is 50.9 Å². The number of rotatable bonds is 4. The summed E-state index contributed by atoms with van der Waals surface area (Å²) in [6.07, 6.45) is 2.45. The second kappa shape index (κ2) is 5.66. The molecule has 0 amide bonds. The Morgan fingerprint density at radius 1 is 1.29 bits per heavy atom. The van der Waals surface area contributed by atoms with Crippen molar-refractivity contribution < 1.29 is 15.3 Å². The van der Waals surface area contributed by atoms with Crippen molar-refractivity contribution in [2.75, 3.05) is 13.3 Å². The molecule has 4 heteroatoms. The lowest BCUT2D eigenvalue weighted by atomic mass is 9.94. The van der Waals surface area contributed by atoms with E-state index >= 15 is 0 Å². The van der Waals surface area contributed by atoms with Crippen LogP contribution in [0, 0.1) is 0 Å². The number of hydrogen-bond acceptors (Lipinski definition) is 4. The quantitative estimate of drug-likeness (QED) is 0.598. The molecule has 14 heavy (non-hydrogen) atoms. The van der Waals surface area contributed by atoms with Crippen LogP contribution < -0.4 is 0 Å². The minimum atomic E-state index is -0.708. The zero-order chi connectivity index (χ0) is 10.6. The molecule has 1 saturated heterocycles. The van der Waals surface area contributed by atoms with Crippen LogP contribution in [-0.2, 0) is 0 Å². The number of aliphatic hydroxyl groups excluding tert-OH is 3. The van der Waals surface area contributed by atoms with Gasteiger partial charge in [0.25, 0.3) is 0 Å². The molecule has 1 aliphatic heterocycles. The summed E-state index contributed by atoms with van der Waals surface area (Å²) in [5.74, 6) is 0. The first kappa shape index (κ1) is 11.9. The van der Waals surface area contributed by atoms with Crippen LogP contribution in [0.1, 0.15) is 32.6 Å². The summed E-state index contributed by atoms with van der Waals surface area (Å²) < 4.78 is 0. The molecule has 3 unspecified atom stereocenters. The Bertz CT molecular complexity index is 165. The summed E-state index contributed by atoms with van der Waals surface area (Å²) in [5.41, 5.74) is 0. The highest BCUT2D eigenvalue weighted by atomic mass is 16.3. The molecule has 0 saturated carbocycles. The van der Waals surface area contributed by atoms with Crippen molar-refractivity contribution in [3.05, 3.63) is 0 Å². The van der Waals surface area contributed by atoms with E-state index in [2.05, 4.69) is 6.92 Å². The average Bonchev–Trinajstić information content (AvgIpc) is 2.19. The van der Waals surface area contributed by atoms with Gasteiger partial charge in [0.15, 0.2) is 0 Å². The van der Waals surface area contributed by atoms with Gasteiger partial charge in [0.2, 0.25) is 0 Å². The second-order valence-electron chi connectivity index (χ2n) is 4.08. The molecule has 1 fully saturated rings. The summed E-state index contributed by atoms with van der Waals surface area (Å²) >= 11 is 0. The van der Waals surface area contributed by atoms with E-state index in [1.807, 2.05) is 4.90 Å². The maximum Gasteiger partial charge on any atom is 0.0959 e. The van der Waals surface area contributed by atoms with Gasteiger partial charge in [-0.05, 0) is 12.8 Å². The van der Waals surface area contributed by atoms with Crippen LogP contribution in [0.25, 0.3) is 0 Å². The van der Waals surface area contributed by atoms with Gasteiger partial charge in [-0.15, -0.1) is 0 Å². The fourth-order valence-corrected chi connectivity index (χ4v) is 2.01. The summed E-state index contributed by atoms with van der Waals surface area (Å²) in [6.45, 7) is 2.47. The van der Waals surface area contributed by atoms with E-state index < -0.39 is 12.2 Å². The average molecular weight is 203 g/mol. The lowest BCUT2D eigenvalue weighted by Crippen LogP contribution is -2.52. The van der Waals surface area contributed by atoms with Gasteiger partial charge in [-0.3, -0.25) is 4.90 Å². The molecule has 0 aromatic rings. The molecule has 1 rings (SSSR count). The standard InChI is InChI=1S/C10H21NO3/c1-2-3-4-8-5-9(13)10(14)6-11(8)7-12/h8-10,12-14H,2-7H2,1H3. The first-order valence-electron chi connectivity index (χ1n) is 5.40. The van der Waals surface area contributed by atoms with E-state index in [4.69, 9.17) is 5.11 Å². The smallest absolute Gasteiger partial charge is 0.0959 e. The van der Waals surface area contributed by atoms with E-state index in [9.17, 15) is 10.2 Å². The Balaban J connectivity index is 2.45. The van der Waals surface area contributed by atoms with E-state index in [1.54, 1.807) is 0 Å². The van der Waals surface area contributed by atoms with Crippen LogP contribution in [-0.4, -0.2) is 51.7 Å². The van der Waals surface area contributed by atoms with Crippen LogP contribution in [0.5, 0.6) is 0 Å². The Labute approximate surface area is 85.2 Å². The van der Waals surface area contributed by atoms with Crippen LogP contribution in [0.4, 0.5) is 0 Å². The van der Waals surface area contributed by atoms with Gasteiger partial charge >= 0.3 is 0 Å². The number of nitrogens with zero attached hydrogens (tertiary/aromatic N) is 1. The maximum atomic E-state index is 9.50. The Hall–Kier alpha value is -0.160. The zero-order valence-electron chi connectivity index (χ0n) is 8.76. The van der Waals surface area contributed by atoms with E-state index in [-0.39, 0.29) is 12.8 Å². The van der Waals surface area contributed by atoms with E-state index in [1.165, 1.54) is 0 Å². The number of hydrogen-bond donors (Lipinski definition) is 3. The number of piperidine rings is 1. The molecule has 0 aliphatic carbocycles. The van der Waals surface area contributed by atoms with Gasteiger partial charge in [-0.25, -0.2) is 0 Å². The maximum absolute atomic E-state index is 9.50. The van der Waals surface area contributed by atoms with Crippen LogP contribution in [0.3, 0.4) is 0 Å². The molecule has 0 radical (unpaired) electrons. The summed E-state index contributed by atoms with van der Waals surface area (Å²) in [7, 11) is 0. The number of unbranched alkanes of at least 4 members (excludes halogenated alkanes) is 1. The molecule has 0 bridgehead atoms. The highest BCUT2D eigenvalue weighted by molar-refractivity contribution is 4.85. The van der Waals surface area contributed by atoms with E-state index in [0.717, 1.165) is 19.3 Å². The van der Waals surface area contributed by atoms with Crippen LogP contribution in [0.15, 0.2) is 0 Å². The van der Waals surface area contributed by atoms with Crippen molar-refractivity contribution >= 4 is 0 Å². The minimum Gasteiger partial charge on any atom is -0.390 e. The van der Waals surface area contributed by atoms with Crippen molar-refractivity contribution in [2.24, 2.45) is 0 Å². The van der Waals surface area contributed by atoms with Crippen molar-refractivity contribution in [3.8, 4) is 0 Å². The minimum absolute atomic E-state index is 0.0296. The second-order valence-corrected chi connectivity index (χ2v) is 4.08. The third-order valence-corrected chi connectivity index (χ3v) is 2.97. The molecule has 1 aliphatic rings. The highest BCUT2D eigenvalue weighted by Gasteiger charge is 2.32. The Kier molecular flexibility index (Phi) is 4.81. The predicted octanol–water partition coefficient (Wildman–Crippen LogP) is -0.0775. The number of aliphatic hydroxyl groups is 3. The zero-order valence-corrected chi connectivity index (χ0v) is 8.76. The molecule has 4 nitrogen and oxygen atoms in total. The lowest BCUT2D eigenvalue weighted by Gasteiger charge is -2.39. The van der Waals surface area contributed by atoms with Gasteiger partial charge in [-0.1, -0.05) is 19.8 Å². The fraction of sp³-hybridized carbons (Fsp3) is 1.00. The van der Waals surface area contributed by atoms with Crippen LogP contribution in [0.2, 0.25) is 0 Å². The van der Waals surface area contributed by atoms with Crippen molar-refractivity contribution in [3.63, 3.8) is 0 Å². The summed E-state index contributed by atoms with van der Waals surface area (Å²) in [6, 6.07) is 0.221. The van der Waals surface area contributed by atoms with Gasteiger partial charge in [0.1, 0.15) is 0 Å². The van der Waals surface area contributed by atoms with Gasteiger partial charge in [0.05, 0.1) is 18.9 Å². The molecule has 0 aromatic carbocycles. The summed E-state index contributed by atoms with van der Waals surface area (Å²) in [4.78, 5) is 1.84. The predicted molar refractivity (Wildman–Crippen MR) is 53.7 cm³/mol. The third-order valence-electron chi connectivity index (χ3n) is 2.97. The monoisotopic (exact) mass is 203 g/mol. The normalized spacial score (nSPS) is 34.7. The van der Waals surface area contributed by atoms with Gasteiger partial charge in [-0.2, -0.15) is 0 Å². The molecule has 84 valence electrons. The molecule has 0 spiro atoms. The summed E-state index contributed by atoms with van der Waals surface area (Å²) in [5, 5.41) is 28.0. The van der Waals surface area contributed by atoms with Gasteiger partial charge in [0, 0.05) is 12.6 Å². The molecular weight excluding hydrogens is 182 g/mol. The number of β-amino-alcohol motifs (C(OH)–C–C–N with tert-alkyl or cyclic N) is 1. The highest BCUT2D eigenvalue weighted by Crippen LogP contribution is 2.21. The fourth-order valence-electron chi connectivity index (χ4n) is 2.01. The van der Waals surface area contributed by atoms with Crippen molar-refractivity contribution in [1.29, 1.82) is 0 Å². The topological polar surface area (TPSA) is 63.9 Å². The Morgan fingerprint density at radius 2 is 2.00 bits per heavy atom. The first-order valence-corrected chi connectivity index (χ1v) is 5.40. The van der Waals surface area contributed by atoms with Gasteiger partial charge < -0.3 is 15.3 Å². The SMILES string of the molecule is CCCCC1CC(O)C(O)CN1CO. The molecular formula is C10H21NO3. The molecule has 3 N–H and O–H groups in total. The molecule has 1 heterocycles. The Morgan fingerprint density at radius 3 is 2.57 bits per heavy atom. The largest absolute Gasteiger partial charge is 0.390 e. The third kappa shape index (κ3) is 2.92. The van der Waals surface area contributed by atoms with E-state index in [0.29, 0.717) is 13.0 Å². The van der Waals surface area contributed by atoms with Crippen molar-refractivity contribution in [1.82, 2.24) is 4.90 Å². The lowest BCUT2D eigenvalue weighted by molar-refractivity contribution is -0.0848.